The van der Waals surface area contributed by atoms with E-state index in [9.17, 15) is 14.7 Å². The van der Waals surface area contributed by atoms with E-state index in [1.165, 1.54) is 0 Å². The van der Waals surface area contributed by atoms with E-state index in [-0.39, 0.29) is 5.54 Å². The maximum atomic E-state index is 11.9. The first-order chi connectivity index (χ1) is 8.25. The highest BCUT2D eigenvalue weighted by atomic mass is 16.4. The van der Waals surface area contributed by atoms with E-state index in [0.29, 0.717) is 12.8 Å². The molecule has 0 aromatic heterocycles. The molecule has 1 saturated carbocycles. The highest BCUT2D eigenvalue weighted by Gasteiger charge is 2.40. The van der Waals surface area contributed by atoms with Gasteiger partial charge in [-0.25, -0.2) is 9.59 Å². The van der Waals surface area contributed by atoms with Gasteiger partial charge in [0, 0.05) is 5.54 Å². The molecule has 0 heterocycles. The summed E-state index contributed by atoms with van der Waals surface area (Å²) in [5.41, 5.74) is -1.46. The van der Waals surface area contributed by atoms with Crippen molar-refractivity contribution in [3.63, 3.8) is 0 Å². The number of hydrogen-bond donors (Lipinski definition) is 3. The molecule has 0 aromatic rings. The van der Waals surface area contributed by atoms with E-state index in [0.717, 1.165) is 25.7 Å². The normalized spacial score (nSPS) is 19.7. The average molecular weight is 256 g/mol. The van der Waals surface area contributed by atoms with Gasteiger partial charge in [0.05, 0.1) is 0 Å². The van der Waals surface area contributed by atoms with E-state index in [1.807, 2.05) is 20.8 Å². The molecule has 0 saturated heterocycles. The van der Waals surface area contributed by atoms with Gasteiger partial charge in [0.2, 0.25) is 0 Å². The molecule has 5 heteroatoms. The fourth-order valence-corrected chi connectivity index (χ4v) is 2.31. The van der Waals surface area contributed by atoms with Gasteiger partial charge in [0.25, 0.3) is 0 Å². The summed E-state index contributed by atoms with van der Waals surface area (Å²) in [7, 11) is 0. The third-order valence-electron chi connectivity index (χ3n) is 3.21. The molecule has 5 nitrogen and oxygen atoms in total. The topological polar surface area (TPSA) is 78.4 Å². The van der Waals surface area contributed by atoms with Crippen molar-refractivity contribution in [2.24, 2.45) is 0 Å². The Labute approximate surface area is 108 Å². The van der Waals surface area contributed by atoms with Gasteiger partial charge in [-0.05, 0) is 33.6 Å². The number of rotatable bonds is 2. The van der Waals surface area contributed by atoms with Crippen LogP contribution in [0.15, 0.2) is 0 Å². The third-order valence-corrected chi connectivity index (χ3v) is 3.21. The Hall–Kier alpha value is -1.26. The van der Waals surface area contributed by atoms with E-state index < -0.39 is 17.5 Å². The van der Waals surface area contributed by atoms with Gasteiger partial charge in [0.15, 0.2) is 0 Å². The van der Waals surface area contributed by atoms with E-state index in [1.54, 1.807) is 0 Å². The van der Waals surface area contributed by atoms with Crippen molar-refractivity contribution >= 4 is 12.0 Å². The van der Waals surface area contributed by atoms with Crippen molar-refractivity contribution in [3.8, 4) is 0 Å². The fourth-order valence-electron chi connectivity index (χ4n) is 2.31. The molecule has 0 spiro atoms. The van der Waals surface area contributed by atoms with Crippen LogP contribution in [0.1, 0.15) is 59.3 Å². The van der Waals surface area contributed by atoms with Crippen LogP contribution in [-0.4, -0.2) is 28.2 Å². The van der Waals surface area contributed by atoms with Crippen molar-refractivity contribution in [1.29, 1.82) is 0 Å². The maximum absolute atomic E-state index is 11.9. The molecular weight excluding hydrogens is 232 g/mol. The molecule has 0 unspecified atom stereocenters. The monoisotopic (exact) mass is 256 g/mol. The maximum Gasteiger partial charge on any atom is 0.329 e. The van der Waals surface area contributed by atoms with Crippen LogP contribution >= 0.6 is 0 Å². The van der Waals surface area contributed by atoms with Gasteiger partial charge in [-0.15, -0.1) is 0 Å². The Morgan fingerprint density at radius 1 is 1.06 bits per heavy atom. The predicted molar refractivity (Wildman–Crippen MR) is 69.5 cm³/mol. The SMILES string of the molecule is CC(C)(C)NC(=O)NC1(C(=O)O)CCCCCC1. The molecule has 104 valence electrons. The molecule has 0 radical (unpaired) electrons. The summed E-state index contributed by atoms with van der Waals surface area (Å²) >= 11 is 0. The molecule has 1 fully saturated rings. The highest BCUT2D eigenvalue weighted by Crippen LogP contribution is 2.27. The summed E-state index contributed by atoms with van der Waals surface area (Å²) in [6, 6.07) is -0.396. The van der Waals surface area contributed by atoms with Crippen LogP contribution in [0.2, 0.25) is 0 Å². The van der Waals surface area contributed by atoms with Crippen LogP contribution < -0.4 is 10.6 Å². The predicted octanol–water partition coefficient (Wildman–Crippen LogP) is 2.26. The quantitative estimate of drug-likeness (QED) is 0.663. The second-order valence-corrected chi connectivity index (χ2v) is 6.13. The first-order valence-electron chi connectivity index (χ1n) is 6.59. The second-order valence-electron chi connectivity index (χ2n) is 6.13. The molecular formula is C13H24N2O3. The number of nitrogens with one attached hydrogen (secondary N) is 2. The molecule has 1 aliphatic carbocycles. The lowest BCUT2D eigenvalue weighted by Crippen LogP contribution is -2.59. The zero-order valence-corrected chi connectivity index (χ0v) is 11.5. The molecule has 3 N–H and O–H groups in total. The summed E-state index contributed by atoms with van der Waals surface area (Å²) in [6.45, 7) is 5.60. The van der Waals surface area contributed by atoms with E-state index >= 15 is 0 Å². The Kier molecular flexibility index (Phi) is 4.59. The van der Waals surface area contributed by atoms with Crippen molar-refractivity contribution < 1.29 is 14.7 Å². The Bertz CT molecular complexity index is 313. The molecule has 0 aliphatic heterocycles. The molecule has 0 aromatic carbocycles. The first kappa shape index (κ1) is 14.8. The Morgan fingerprint density at radius 3 is 1.94 bits per heavy atom. The van der Waals surface area contributed by atoms with Gasteiger partial charge in [-0.1, -0.05) is 25.7 Å². The number of aliphatic carboxylic acids is 1. The van der Waals surface area contributed by atoms with Crippen LogP contribution in [0, 0.1) is 0 Å². The van der Waals surface area contributed by atoms with Gasteiger partial charge in [-0.3, -0.25) is 0 Å². The summed E-state index contributed by atoms with van der Waals surface area (Å²) in [6.07, 6.45) is 4.80. The zero-order chi connectivity index (χ0) is 13.8. The van der Waals surface area contributed by atoms with Crippen molar-refractivity contribution in [2.75, 3.05) is 0 Å². The van der Waals surface area contributed by atoms with Crippen LogP contribution in [0.5, 0.6) is 0 Å². The second kappa shape index (κ2) is 5.59. The number of carbonyl (C=O) groups is 2. The molecule has 18 heavy (non-hydrogen) atoms. The molecule has 0 bridgehead atoms. The summed E-state index contributed by atoms with van der Waals surface area (Å²) in [5, 5.41) is 14.9. The van der Waals surface area contributed by atoms with Crippen molar-refractivity contribution in [1.82, 2.24) is 10.6 Å². The third kappa shape index (κ3) is 4.20. The van der Waals surface area contributed by atoms with E-state index in [2.05, 4.69) is 10.6 Å². The van der Waals surface area contributed by atoms with Crippen LogP contribution in [0.25, 0.3) is 0 Å². The lowest BCUT2D eigenvalue weighted by Gasteiger charge is -2.31. The summed E-state index contributed by atoms with van der Waals surface area (Å²) in [5.74, 6) is -0.923. The largest absolute Gasteiger partial charge is 0.480 e. The molecule has 1 aliphatic rings. The van der Waals surface area contributed by atoms with Crippen LogP contribution in [-0.2, 0) is 4.79 Å². The fraction of sp³-hybridized carbons (Fsp3) is 0.846. The number of carbonyl (C=O) groups excluding carboxylic acids is 1. The van der Waals surface area contributed by atoms with Crippen molar-refractivity contribution in [3.05, 3.63) is 0 Å². The van der Waals surface area contributed by atoms with E-state index in [4.69, 9.17) is 0 Å². The highest BCUT2D eigenvalue weighted by molar-refractivity contribution is 5.86. The number of carboxylic acids is 1. The minimum atomic E-state index is -1.09. The zero-order valence-electron chi connectivity index (χ0n) is 11.5. The average Bonchev–Trinajstić information content (AvgIpc) is 2.41. The minimum Gasteiger partial charge on any atom is -0.480 e. The first-order valence-corrected chi connectivity index (χ1v) is 6.59. The van der Waals surface area contributed by atoms with Gasteiger partial charge in [0.1, 0.15) is 5.54 Å². The number of urea groups is 1. The molecule has 1 rings (SSSR count). The summed E-state index contributed by atoms with van der Waals surface area (Å²) < 4.78 is 0. The van der Waals surface area contributed by atoms with Crippen molar-refractivity contribution in [2.45, 2.75) is 70.4 Å². The van der Waals surface area contributed by atoms with Gasteiger partial charge >= 0.3 is 12.0 Å². The van der Waals surface area contributed by atoms with Gasteiger partial charge < -0.3 is 15.7 Å². The molecule has 0 atom stereocenters. The molecule has 2 amide bonds. The van der Waals surface area contributed by atoms with Crippen LogP contribution in [0.4, 0.5) is 4.79 Å². The minimum absolute atomic E-state index is 0.367. The van der Waals surface area contributed by atoms with Gasteiger partial charge in [-0.2, -0.15) is 0 Å². The van der Waals surface area contributed by atoms with Crippen LogP contribution in [0.3, 0.4) is 0 Å². The lowest BCUT2D eigenvalue weighted by atomic mass is 9.90. The Morgan fingerprint density at radius 2 is 1.56 bits per heavy atom. The standard InChI is InChI=1S/C13H24N2O3/c1-12(2,3)14-11(18)15-13(10(16)17)8-6-4-5-7-9-13/h4-9H2,1-3H3,(H,16,17)(H2,14,15,18). The summed E-state index contributed by atoms with van der Waals surface area (Å²) in [4.78, 5) is 23.4. The Balaban J connectivity index is 2.73. The smallest absolute Gasteiger partial charge is 0.329 e. The lowest BCUT2D eigenvalue weighted by molar-refractivity contribution is -0.145. The number of carboxylic acid groups (broad SMARTS) is 1. The number of amides is 2. The number of hydrogen-bond acceptors (Lipinski definition) is 2.